The lowest BCUT2D eigenvalue weighted by molar-refractivity contribution is -0.115. The number of benzene rings is 1. The summed E-state index contributed by atoms with van der Waals surface area (Å²) in [5, 5.41) is 3.41. The number of rotatable bonds is 7. The molecule has 4 nitrogen and oxygen atoms in total. The van der Waals surface area contributed by atoms with Gasteiger partial charge >= 0.3 is 0 Å². The molecule has 0 atom stereocenters. The maximum Gasteiger partial charge on any atom is 0.228 e. The molecule has 5 heteroatoms. The van der Waals surface area contributed by atoms with Crippen molar-refractivity contribution in [3.63, 3.8) is 0 Å². The molecule has 0 aliphatic heterocycles. The lowest BCUT2D eigenvalue weighted by Crippen LogP contribution is -2.14. The first-order valence-electron chi connectivity index (χ1n) is 7.50. The molecule has 0 bridgehead atoms. The zero-order valence-corrected chi connectivity index (χ0v) is 13.5. The van der Waals surface area contributed by atoms with Gasteiger partial charge in [0.25, 0.3) is 0 Å². The molecule has 0 saturated heterocycles. The number of aromatic nitrogens is 1. The molecule has 2 rings (SSSR count). The van der Waals surface area contributed by atoms with E-state index in [1.807, 2.05) is 30.3 Å². The standard InChI is InChI=1S/C18H18ClN3O/c1-20-11-5-4-7-15-9-10-16(13-21-15)22-18(23)12-14-6-2-3-8-17(14)19/h2-3,6,8-10,13H,4-5,7,11-12H2,(H,22,23). The molecule has 0 spiro atoms. The fourth-order valence-corrected chi connectivity index (χ4v) is 2.37. The zero-order chi connectivity index (χ0) is 16.5. The van der Waals surface area contributed by atoms with Crippen molar-refractivity contribution in [1.82, 2.24) is 4.98 Å². The molecular weight excluding hydrogens is 310 g/mol. The summed E-state index contributed by atoms with van der Waals surface area (Å²) in [5.41, 5.74) is 2.45. The van der Waals surface area contributed by atoms with Crippen molar-refractivity contribution in [1.29, 1.82) is 0 Å². The highest BCUT2D eigenvalue weighted by Gasteiger charge is 2.07. The summed E-state index contributed by atoms with van der Waals surface area (Å²) in [7, 11) is 0. The normalized spacial score (nSPS) is 10.1. The fourth-order valence-electron chi connectivity index (χ4n) is 2.16. The summed E-state index contributed by atoms with van der Waals surface area (Å²) in [6, 6.07) is 11.1. The van der Waals surface area contributed by atoms with Gasteiger partial charge in [-0.15, -0.1) is 0 Å². The topological polar surface area (TPSA) is 46.4 Å². The second kappa shape index (κ2) is 8.92. The summed E-state index contributed by atoms with van der Waals surface area (Å²) in [5.74, 6) is -0.121. The van der Waals surface area contributed by atoms with Crippen molar-refractivity contribution in [3.05, 3.63) is 70.3 Å². The number of hydrogen-bond donors (Lipinski definition) is 1. The molecule has 0 unspecified atom stereocenters. The molecule has 1 heterocycles. The van der Waals surface area contributed by atoms with Crippen molar-refractivity contribution in [2.45, 2.75) is 25.7 Å². The predicted octanol–water partition coefficient (Wildman–Crippen LogP) is 4.16. The Hall–Kier alpha value is -2.38. The van der Waals surface area contributed by atoms with Gasteiger partial charge in [-0.3, -0.25) is 9.78 Å². The minimum absolute atomic E-state index is 0.121. The lowest BCUT2D eigenvalue weighted by atomic mass is 10.1. The highest BCUT2D eigenvalue weighted by molar-refractivity contribution is 6.31. The minimum Gasteiger partial charge on any atom is -0.324 e. The number of carbonyl (C=O) groups excluding carboxylic acids is 1. The van der Waals surface area contributed by atoms with Gasteiger partial charge in [0.15, 0.2) is 0 Å². The average molecular weight is 328 g/mol. The van der Waals surface area contributed by atoms with E-state index in [-0.39, 0.29) is 12.3 Å². The van der Waals surface area contributed by atoms with Crippen LogP contribution >= 0.6 is 11.6 Å². The van der Waals surface area contributed by atoms with Gasteiger partial charge in [0.2, 0.25) is 12.5 Å². The van der Waals surface area contributed by atoms with E-state index >= 15 is 0 Å². The van der Waals surface area contributed by atoms with E-state index in [0.717, 1.165) is 30.5 Å². The Morgan fingerprint density at radius 3 is 2.74 bits per heavy atom. The molecule has 0 aliphatic rings. The van der Waals surface area contributed by atoms with Crippen LogP contribution in [0.25, 0.3) is 4.85 Å². The fraction of sp³-hybridized carbons (Fsp3) is 0.278. The van der Waals surface area contributed by atoms with Crippen LogP contribution in [-0.4, -0.2) is 17.4 Å². The number of halogens is 1. The van der Waals surface area contributed by atoms with Gasteiger partial charge in [0.1, 0.15) is 0 Å². The summed E-state index contributed by atoms with van der Waals surface area (Å²) in [6.45, 7) is 7.30. The van der Waals surface area contributed by atoms with Gasteiger partial charge < -0.3 is 10.2 Å². The van der Waals surface area contributed by atoms with E-state index in [1.165, 1.54) is 0 Å². The van der Waals surface area contributed by atoms with Crippen molar-refractivity contribution in [3.8, 4) is 0 Å². The van der Waals surface area contributed by atoms with Gasteiger partial charge in [0, 0.05) is 17.1 Å². The van der Waals surface area contributed by atoms with E-state index in [1.54, 1.807) is 12.3 Å². The van der Waals surface area contributed by atoms with Crippen molar-refractivity contribution in [2.24, 2.45) is 0 Å². The van der Waals surface area contributed by atoms with E-state index in [0.29, 0.717) is 17.3 Å². The van der Waals surface area contributed by atoms with E-state index in [4.69, 9.17) is 18.2 Å². The Bertz CT molecular complexity index is 692. The summed E-state index contributed by atoms with van der Waals surface area (Å²) < 4.78 is 0. The van der Waals surface area contributed by atoms with Crippen LogP contribution in [-0.2, 0) is 17.6 Å². The number of anilines is 1. The SMILES string of the molecule is [C-]#[N+]CCCCc1ccc(NC(=O)Cc2ccccc2Cl)cn1. The molecule has 1 N–H and O–H groups in total. The average Bonchev–Trinajstić information content (AvgIpc) is 2.55. The van der Waals surface area contributed by atoms with E-state index < -0.39 is 0 Å². The predicted molar refractivity (Wildman–Crippen MR) is 92.4 cm³/mol. The second-order valence-corrected chi connectivity index (χ2v) is 5.60. The second-order valence-electron chi connectivity index (χ2n) is 5.19. The van der Waals surface area contributed by atoms with E-state index in [2.05, 4.69) is 15.1 Å². The van der Waals surface area contributed by atoms with Gasteiger partial charge in [-0.25, -0.2) is 6.57 Å². The molecular formula is C18H18ClN3O. The molecule has 2 aromatic rings. The van der Waals surface area contributed by atoms with Crippen LogP contribution in [0.1, 0.15) is 24.1 Å². The molecule has 1 aromatic heterocycles. The smallest absolute Gasteiger partial charge is 0.228 e. The van der Waals surface area contributed by atoms with Crippen LogP contribution in [0.2, 0.25) is 5.02 Å². The third-order valence-corrected chi connectivity index (χ3v) is 3.74. The van der Waals surface area contributed by atoms with Gasteiger partial charge in [-0.2, -0.15) is 0 Å². The molecule has 0 radical (unpaired) electrons. The van der Waals surface area contributed by atoms with Crippen LogP contribution in [0.3, 0.4) is 0 Å². The van der Waals surface area contributed by atoms with E-state index in [9.17, 15) is 4.79 Å². The van der Waals surface area contributed by atoms with Crippen LogP contribution < -0.4 is 5.32 Å². The summed E-state index contributed by atoms with van der Waals surface area (Å²) in [6.07, 6.45) is 4.59. The number of aryl methyl sites for hydroxylation is 1. The third-order valence-electron chi connectivity index (χ3n) is 3.37. The molecule has 0 aliphatic carbocycles. The first-order valence-corrected chi connectivity index (χ1v) is 7.88. The summed E-state index contributed by atoms with van der Waals surface area (Å²) >= 11 is 6.05. The Morgan fingerprint density at radius 1 is 1.22 bits per heavy atom. The van der Waals surface area contributed by atoms with Crippen LogP contribution in [0.15, 0.2) is 42.6 Å². The lowest BCUT2D eigenvalue weighted by Gasteiger charge is -2.07. The van der Waals surface area contributed by atoms with Crippen molar-refractivity contribution >= 4 is 23.2 Å². The number of unbranched alkanes of at least 4 members (excludes halogenated alkanes) is 1. The highest BCUT2D eigenvalue weighted by Crippen LogP contribution is 2.16. The number of hydrogen-bond acceptors (Lipinski definition) is 2. The number of pyridine rings is 1. The molecule has 1 aromatic carbocycles. The quantitative estimate of drug-likeness (QED) is 0.613. The number of amides is 1. The molecule has 23 heavy (non-hydrogen) atoms. The number of carbonyl (C=O) groups is 1. The van der Waals surface area contributed by atoms with Crippen LogP contribution in [0.5, 0.6) is 0 Å². The van der Waals surface area contributed by atoms with Gasteiger partial charge in [-0.1, -0.05) is 29.8 Å². The number of nitrogens with zero attached hydrogens (tertiary/aromatic N) is 2. The highest BCUT2D eigenvalue weighted by atomic mass is 35.5. The molecule has 0 fully saturated rings. The third kappa shape index (κ3) is 5.72. The summed E-state index contributed by atoms with van der Waals surface area (Å²) in [4.78, 5) is 19.7. The maximum absolute atomic E-state index is 12.0. The number of nitrogens with one attached hydrogen (secondary N) is 1. The van der Waals surface area contributed by atoms with Crippen LogP contribution in [0.4, 0.5) is 5.69 Å². The van der Waals surface area contributed by atoms with Crippen LogP contribution in [0, 0.1) is 6.57 Å². The molecule has 1 amide bonds. The van der Waals surface area contributed by atoms with Crippen molar-refractivity contribution < 1.29 is 4.79 Å². The first-order chi connectivity index (χ1) is 11.2. The first kappa shape index (κ1) is 17.0. The molecule has 0 saturated carbocycles. The monoisotopic (exact) mass is 327 g/mol. The Labute approximate surface area is 141 Å². The minimum atomic E-state index is -0.121. The Morgan fingerprint density at radius 2 is 2.04 bits per heavy atom. The van der Waals surface area contributed by atoms with Crippen molar-refractivity contribution in [2.75, 3.05) is 11.9 Å². The maximum atomic E-state index is 12.0. The zero-order valence-electron chi connectivity index (χ0n) is 12.8. The van der Waals surface area contributed by atoms with Gasteiger partial charge in [0.05, 0.1) is 18.3 Å². The molecule has 118 valence electrons. The largest absolute Gasteiger partial charge is 0.324 e. The Balaban J connectivity index is 1.84. The van der Waals surface area contributed by atoms with Gasteiger partial charge in [-0.05, 0) is 36.6 Å². The Kier molecular flexibility index (Phi) is 6.58.